The molecule has 1 saturated heterocycles. The van der Waals surface area contributed by atoms with E-state index in [0.717, 1.165) is 0 Å². The molecule has 1 heterocycles. The number of nitrogens with zero attached hydrogens (tertiary/aromatic N) is 1. The van der Waals surface area contributed by atoms with Crippen LogP contribution in [0, 0.1) is 0 Å². The van der Waals surface area contributed by atoms with E-state index < -0.39 is 37.1 Å². The fourth-order valence-corrected chi connectivity index (χ4v) is 2.27. The Balaban J connectivity index is 2.24. The molecule has 0 spiro atoms. The lowest BCUT2D eigenvalue weighted by Crippen LogP contribution is -2.55. The molecule has 0 aromatic heterocycles. The van der Waals surface area contributed by atoms with Crippen LogP contribution >= 0.6 is 12.2 Å². The number of rotatable bonds is 3. The molecule has 5 atom stereocenters. The fraction of sp³-hybridized carbons (Fsp3) is 0.462. The third-order valence-electron chi connectivity index (χ3n) is 3.29. The van der Waals surface area contributed by atoms with Crippen LogP contribution in [0.2, 0.25) is 0 Å². The Kier molecular flexibility index (Phi) is 4.95. The first-order valence-electron chi connectivity index (χ1n) is 6.07. The second-order valence-electron chi connectivity index (χ2n) is 4.54. The highest BCUT2D eigenvalue weighted by atomic mass is 32.1. The van der Waals surface area contributed by atoms with Crippen LogP contribution in [0.15, 0.2) is 29.3 Å². The highest BCUT2D eigenvalue weighted by Gasteiger charge is 2.43. The zero-order valence-corrected chi connectivity index (χ0v) is 11.3. The summed E-state index contributed by atoms with van der Waals surface area (Å²) in [5, 5.41) is 40.8. The Morgan fingerprint density at radius 1 is 1.10 bits per heavy atom. The summed E-state index contributed by atoms with van der Waals surface area (Å²) < 4.78 is 5.44. The first kappa shape index (κ1) is 15.2. The van der Waals surface area contributed by atoms with Crippen LogP contribution in [-0.2, 0) is 4.74 Å². The van der Waals surface area contributed by atoms with Crippen LogP contribution < -0.4 is 0 Å². The standard InChI is InChI=1S/C13H15NO5S/c15-5-9-10(16)11(17)12(18)13(19-9)7-1-3-8(4-2-7)14-6-20/h1-4,9-13,15-18H,5H2/t9-,10-,11+,12-,13-/m1/s1. The molecule has 1 aromatic rings. The zero-order chi connectivity index (χ0) is 14.7. The number of aliphatic hydroxyl groups is 4. The molecule has 0 bridgehead atoms. The molecule has 1 aromatic carbocycles. The predicted molar refractivity (Wildman–Crippen MR) is 73.8 cm³/mol. The van der Waals surface area contributed by atoms with Crippen molar-refractivity contribution in [2.45, 2.75) is 30.5 Å². The molecule has 0 amide bonds. The normalized spacial score (nSPS) is 33.5. The third-order valence-corrected chi connectivity index (χ3v) is 3.38. The second kappa shape index (κ2) is 6.51. The van der Waals surface area contributed by atoms with Crippen LogP contribution in [0.25, 0.3) is 0 Å². The summed E-state index contributed by atoms with van der Waals surface area (Å²) in [6.45, 7) is -0.450. The Hall–Kier alpha value is -1.18. The van der Waals surface area contributed by atoms with Crippen molar-refractivity contribution in [3.63, 3.8) is 0 Å². The summed E-state index contributed by atoms with van der Waals surface area (Å²) in [4.78, 5) is 3.80. The number of thiocarbonyl (C=S) groups is 1. The van der Waals surface area contributed by atoms with Gasteiger partial charge in [0.1, 0.15) is 30.5 Å². The van der Waals surface area contributed by atoms with Gasteiger partial charge in [0.15, 0.2) is 0 Å². The van der Waals surface area contributed by atoms with Crippen molar-refractivity contribution in [1.29, 1.82) is 0 Å². The molecule has 1 aliphatic heterocycles. The molecular formula is C13H15NO5S. The minimum Gasteiger partial charge on any atom is -0.394 e. The van der Waals surface area contributed by atoms with Gasteiger partial charge in [-0.15, -0.1) is 0 Å². The van der Waals surface area contributed by atoms with Crippen molar-refractivity contribution < 1.29 is 25.2 Å². The molecule has 1 fully saturated rings. The Morgan fingerprint density at radius 3 is 2.30 bits per heavy atom. The molecule has 0 aliphatic carbocycles. The van der Waals surface area contributed by atoms with E-state index in [1.54, 1.807) is 24.3 Å². The Bertz CT molecular complexity index is 500. The number of ether oxygens (including phenoxy) is 1. The number of aliphatic hydroxyl groups excluding tert-OH is 4. The largest absolute Gasteiger partial charge is 0.394 e. The lowest BCUT2D eigenvalue weighted by molar-refractivity contribution is -0.231. The van der Waals surface area contributed by atoms with Gasteiger partial charge in [-0.2, -0.15) is 4.99 Å². The molecule has 20 heavy (non-hydrogen) atoms. The summed E-state index contributed by atoms with van der Waals surface area (Å²) in [5.41, 5.74) is 1.21. The molecule has 0 saturated carbocycles. The van der Waals surface area contributed by atoms with Gasteiger partial charge in [-0.3, -0.25) is 0 Å². The van der Waals surface area contributed by atoms with Gasteiger partial charge in [0.05, 0.1) is 17.5 Å². The highest BCUT2D eigenvalue weighted by molar-refractivity contribution is 7.78. The maximum Gasteiger partial charge on any atom is 0.113 e. The van der Waals surface area contributed by atoms with Gasteiger partial charge in [-0.05, 0) is 29.9 Å². The van der Waals surface area contributed by atoms with E-state index >= 15 is 0 Å². The summed E-state index contributed by atoms with van der Waals surface area (Å²) in [6, 6.07) is 6.66. The molecule has 6 nitrogen and oxygen atoms in total. The van der Waals surface area contributed by atoms with Gasteiger partial charge in [0, 0.05) is 0 Å². The van der Waals surface area contributed by atoms with Crippen molar-refractivity contribution in [3.05, 3.63) is 29.8 Å². The summed E-state index contributed by atoms with van der Waals surface area (Å²) >= 11 is 4.50. The average Bonchev–Trinajstić information content (AvgIpc) is 2.47. The second-order valence-corrected chi connectivity index (χ2v) is 4.73. The minimum atomic E-state index is -1.38. The van der Waals surface area contributed by atoms with Gasteiger partial charge in [0.25, 0.3) is 0 Å². The van der Waals surface area contributed by atoms with Crippen LogP contribution in [0.4, 0.5) is 5.69 Å². The van der Waals surface area contributed by atoms with Crippen molar-refractivity contribution in [1.82, 2.24) is 0 Å². The van der Waals surface area contributed by atoms with E-state index in [1.165, 1.54) is 0 Å². The molecule has 108 valence electrons. The predicted octanol–water partition coefficient (Wildman–Crippen LogP) is -0.0642. The lowest BCUT2D eigenvalue weighted by Gasteiger charge is -2.40. The molecule has 0 unspecified atom stereocenters. The van der Waals surface area contributed by atoms with E-state index in [4.69, 9.17) is 9.84 Å². The lowest BCUT2D eigenvalue weighted by atomic mass is 9.91. The van der Waals surface area contributed by atoms with Crippen molar-refractivity contribution in [2.24, 2.45) is 4.99 Å². The maximum atomic E-state index is 9.98. The van der Waals surface area contributed by atoms with Crippen LogP contribution in [0.1, 0.15) is 11.7 Å². The molecule has 7 heteroatoms. The van der Waals surface area contributed by atoms with Gasteiger partial charge in [-0.1, -0.05) is 12.1 Å². The molecular weight excluding hydrogens is 282 g/mol. The van der Waals surface area contributed by atoms with Crippen molar-refractivity contribution in [2.75, 3.05) is 6.61 Å². The summed E-state index contributed by atoms with van der Waals surface area (Å²) in [6.07, 6.45) is -5.78. The van der Waals surface area contributed by atoms with E-state index in [2.05, 4.69) is 22.4 Å². The van der Waals surface area contributed by atoms with Crippen molar-refractivity contribution in [3.8, 4) is 0 Å². The van der Waals surface area contributed by atoms with E-state index in [-0.39, 0.29) is 0 Å². The third kappa shape index (κ3) is 2.94. The molecule has 2 rings (SSSR count). The number of hydrogen-bond donors (Lipinski definition) is 4. The van der Waals surface area contributed by atoms with Crippen LogP contribution in [0.5, 0.6) is 0 Å². The van der Waals surface area contributed by atoms with Gasteiger partial charge in [0.2, 0.25) is 0 Å². The van der Waals surface area contributed by atoms with Gasteiger partial charge in [-0.25, -0.2) is 0 Å². The smallest absolute Gasteiger partial charge is 0.113 e. The summed E-state index contributed by atoms with van der Waals surface area (Å²) in [5.74, 6) is 0. The van der Waals surface area contributed by atoms with E-state index in [9.17, 15) is 15.3 Å². The molecule has 1 aliphatic rings. The molecule has 0 radical (unpaired) electrons. The van der Waals surface area contributed by atoms with Gasteiger partial charge < -0.3 is 25.2 Å². The number of isothiocyanates is 1. The first-order chi connectivity index (χ1) is 9.58. The fourth-order valence-electron chi connectivity index (χ4n) is 2.17. The zero-order valence-electron chi connectivity index (χ0n) is 10.5. The SMILES string of the molecule is OC[C@H]1O[C@H](c2ccc(N=C=S)cc2)[C@H](O)[C@@H](O)[C@@H]1O. The minimum absolute atomic E-state index is 0.450. The Morgan fingerprint density at radius 2 is 1.75 bits per heavy atom. The van der Waals surface area contributed by atoms with E-state index in [1.807, 2.05) is 0 Å². The van der Waals surface area contributed by atoms with E-state index in [0.29, 0.717) is 11.3 Å². The quantitative estimate of drug-likeness (QED) is 0.460. The summed E-state index contributed by atoms with van der Waals surface area (Å²) in [7, 11) is 0. The number of hydrogen-bond acceptors (Lipinski definition) is 7. The number of benzene rings is 1. The topological polar surface area (TPSA) is 103 Å². The number of aliphatic imine (C=N–C) groups is 1. The first-order valence-corrected chi connectivity index (χ1v) is 6.47. The van der Waals surface area contributed by atoms with Crippen molar-refractivity contribution >= 4 is 23.1 Å². The average molecular weight is 297 g/mol. The monoisotopic (exact) mass is 297 g/mol. The van der Waals surface area contributed by atoms with Crippen LogP contribution in [0.3, 0.4) is 0 Å². The van der Waals surface area contributed by atoms with Crippen LogP contribution in [-0.4, -0.2) is 56.6 Å². The Labute approximate surface area is 121 Å². The highest BCUT2D eigenvalue weighted by Crippen LogP contribution is 2.32. The maximum absolute atomic E-state index is 9.98. The molecule has 4 N–H and O–H groups in total. The van der Waals surface area contributed by atoms with Gasteiger partial charge >= 0.3 is 0 Å².